The molecule has 0 saturated carbocycles. The van der Waals surface area contributed by atoms with E-state index in [0.717, 1.165) is 23.4 Å². The summed E-state index contributed by atoms with van der Waals surface area (Å²) in [6.07, 6.45) is 0.767. The van der Waals surface area contributed by atoms with Crippen LogP contribution in [0.15, 0.2) is 23.2 Å². The van der Waals surface area contributed by atoms with Gasteiger partial charge in [0.1, 0.15) is 5.75 Å². The summed E-state index contributed by atoms with van der Waals surface area (Å²) < 4.78 is 5.26. The van der Waals surface area contributed by atoms with Gasteiger partial charge in [0.05, 0.1) is 7.11 Å². The van der Waals surface area contributed by atoms with Crippen molar-refractivity contribution in [3.63, 3.8) is 0 Å². The second-order valence-electron chi connectivity index (χ2n) is 3.55. The molecule has 0 aromatic heterocycles. The number of rotatable bonds is 5. The fraction of sp³-hybridized carbons (Fsp3) is 0.417. The van der Waals surface area contributed by atoms with Crippen LogP contribution in [0.4, 0.5) is 5.69 Å². The average molecular weight is 236 g/mol. The lowest BCUT2D eigenvalue weighted by Crippen LogP contribution is -2.22. The highest BCUT2D eigenvalue weighted by atomic mass is 16.5. The number of benzene rings is 1. The van der Waals surface area contributed by atoms with Crippen LogP contribution in [0.5, 0.6) is 5.75 Å². The van der Waals surface area contributed by atoms with Crippen molar-refractivity contribution in [2.24, 2.45) is 16.5 Å². The molecule has 0 fully saturated rings. The van der Waals surface area contributed by atoms with E-state index in [-0.39, 0.29) is 0 Å². The number of nitrogens with one attached hydrogen (secondary N) is 1. The summed E-state index contributed by atoms with van der Waals surface area (Å²) in [6, 6.07) is 5.77. The van der Waals surface area contributed by atoms with Crippen LogP contribution in [0.25, 0.3) is 0 Å². The molecule has 5 N–H and O–H groups in total. The summed E-state index contributed by atoms with van der Waals surface area (Å²) in [6.45, 7) is 3.17. The first kappa shape index (κ1) is 13.3. The normalized spacial score (nSPS) is 11.4. The molecular formula is C12H20N4O. The van der Waals surface area contributed by atoms with Crippen LogP contribution >= 0.6 is 0 Å². The number of hydrogen-bond donors (Lipinski definition) is 3. The molecule has 0 bridgehead atoms. The standard InChI is InChI=1S/C12H20N4O/c1-3-15-12(14)16-10-4-5-11(17-2)9(8-10)6-7-13/h4-5,8H,3,6-7,13H2,1-2H3,(H3,14,15,16). The van der Waals surface area contributed by atoms with Gasteiger partial charge in [-0.25, -0.2) is 0 Å². The molecule has 1 rings (SSSR count). The Kier molecular flexibility index (Phi) is 5.29. The van der Waals surface area contributed by atoms with E-state index in [2.05, 4.69) is 10.3 Å². The van der Waals surface area contributed by atoms with Gasteiger partial charge >= 0.3 is 0 Å². The van der Waals surface area contributed by atoms with Crippen molar-refractivity contribution in [2.75, 3.05) is 25.5 Å². The number of aliphatic imine (C=N–C) groups is 1. The van der Waals surface area contributed by atoms with E-state index in [1.54, 1.807) is 7.11 Å². The lowest BCUT2D eigenvalue weighted by Gasteiger charge is -2.11. The first-order chi connectivity index (χ1) is 8.21. The van der Waals surface area contributed by atoms with Crippen molar-refractivity contribution >= 4 is 11.6 Å². The third-order valence-corrected chi connectivity index (χ3v) is 2.29. The van der Waals surface area contributed by atoms with Gasteiger partial charge in [0, 0.05) is 12.2 Å². The van der Waals surface area contributed by atoms with Gasteiger partial charge in [0.2, 0.25) is 0 Å². The SMILES string of the molecule is CCN=C(N)Nc1ccc(OC)c(CCN)c1. The molecule has 0 amide bonds. The second kappa shape index (κ2) is 6.75. The largest absolute Gasteiger partial charge is 0.496 e. The molecule has 0 radical (unpaired) electrons. The van der Waals surface area contributed by atoms with Crippen molar-refractivity contribution in [2.45, 2.75) is 13.3 Å². The second-order valence-corrected chi connectivity index (χ2v) is 3.55. The lowest BCUT2D eigenvalue weighted by molar-refractivity contribution is 0.410. The number of hydrogen-bond acceptors (Lipinski definition) is 3. The number of ether oxygens (including phenoxy) is 1. The highest BCUT2D eigenvalue weighted by molar-refractivity contribution is 5.92. The van der Waals surface area contributed by atoms with Gasteiger partial charge in [-0.3, -0.25) is 4.99 Å². The smallest absolute Gasteiger partial charge is 0.193 e. The number of nitrogens with zero attached hydrogens (tertiary/aromatic N) is 1. The zero-order valence-electron chi connectivity index (χ0n) is 10.4. The van der Waals surface area contributed by atoms with Crippen molar-refractivity contribution < 1.29 is 4.74 Å². The molecule has 1 aromatic rings. The molecule has 0 aliphatic rings. The number of nitrogens with two attached hydrogens (primary N) is 2. The molecule has 0 spiro atoms. The van der Waals surface area contributed by atoms with E-state index in [1.807, 2.05) is 25.1 Å². The maximum Gasteiger partial charge on any atom is 0.193 e. The third kappa shape index (κ3) is 3.96. The first-order valence-electron chi connectivity index (χ1n) is 5.65. The zero-order chi connectivity index (χ0) is 12.7. The Balaban J connectivity index is 2.87. The van der Waals surface area contributed by atoms with Gasteiger partial charge in [0.15, 0.2) is 5.96 Å². The minimum Gasteiger partial charge on any atom is -0.496 e. The van der Waals surface area contributed by atoms with Gasteiger partial charge in [0.25, 0.3) is 0 Å². The molecule has 5 nitrogen and oxygen atoms in total. The van der Waals surface area contributed by atoms with Gasteiger partial charge in [-0.15, -0.1) is 0 Å². The molecule has 1 aromatic carbocycles. The van der Waals surface area contributed by atoms with Crippen LogP contribution in [0.3, 0.4) is 0 Å². The monoisotopic (exact) mass is 236 g/mol. The van der Waals surface area contributed by atoms with Crippen LogP contribution in [0, 0.1) is 0 Å². The Hall–Kier alpha value is -1.75. The van der Waals surface area contributed by atoms with Crippen molar-refractivity contribution in [1.82, 2.24) is 0 Å². The third-order valence-electron chi connectivity index (χ3n) is 2.29. The Morgan fingerprint density at radius 1 is 1.47 bits per heavy atom. The first-order valence-corrected chi connectivity index (χ1v) is 5.65. The number of anilines is 1. The minimum atomic E-state index is 0.413. The zero-order valence-corrected chi connectivity index (χ0v) is 10.4. The predicted octanol–water partition coefficient (Wildman–Crippen LogP) is 0.943. The quantitative estimate of drug-likeness (QED) is 0.524. The Morgan fingerprint density at radius 2 is 2.24 bits per heavy atom. The summed E-state index contributed by atoms with van der Waals surface area (Å²) in [7, 11) is 1.65. The van der Waals surface area contributed by atoms with Crippen molar-refractivity contribution in [1.29, 1.82) is 0 Å². The Bertz CT molecular complexity index is 390. The summed E-state index contributed by atoms with van der Waals surface area (Å²) in [5, 5.41) is 3.02. The molecule has 94 valence electrons. The van der Waals surface area contributed by atoms with Crippen LogP contribution in [0.2, 0.25) is 0 Å². The summed E-state index contributed by atoms with van der Waals surface area (Å²) in [5.74, 6) is 1.25. The topological polar surface area (TPSA) is 85.7 Å². The molecule has 0 unspecified atom stereocenters. The maximum absolute atomic E-state index is 5.69. The molecule has 17 heavy (non-hydrogen) atoms. The Labute approximate surface area is 102 Å². The maximum atomic E-state index is 5.69. The summed E-state index contributed by atoms with van der Waals surface area (Å²) in [5.41, 5.74) is 13.2. The lowest BCUT2D eigenvalue weighted by atomic mass is 10.1. The number of guanidine groups is 1. The molecule has 5 heteroatoms. The fourth-order valence-electron chi connectivity index (χ4n) is 1.56. The van der Waals surface area contributed by atoms with Gasteiger partial charge < -0.3 is 21.5 Å². The Morgan fingerprint density at radius 3 is 2.82 bits per heavy atom. The number of methoxy groups -OCH3 is 1. The minimum absolute atomic E-state index is 0.413. The summed E-state index contributed by atoms with van der Waals surface area (Å²) in [4.78, 5) is 4.07. The van der Waals surface area contributed by atoms with Gasteiger partial charge in [-0.2, -0.15) is 0 Å². The molecule has 0 aliphatic heterocycles. The molecule has 0 heterocycles. The fourth-order valence-corrected chi connectivity index (χ4v) is 1.56. The van der Waals surface area contributed by atoms with Crippen LogP contribution in [-0.2, 0) is 6.42 Å². The van der Waals surface area contributed by atoms with Crippen LogP contribution < -0.4 is 21.5 Å². The van der Waals surface area contributed by atoms with Gasteiger partial charge in [-0.1, -0.05) is 0 Å². The van der Waals surface area contributed by atoms with E-state index >= 15 is 0 Å². The highest BCUT2D eigenvalue weighted by Crippen LogP contribution is 2.22. The molecule has 0 aliphatic carbocycles. The van der Waals surface area contributed by atoms with E-state index in [4.69, 9.17) is 16.2 Å². The van der Waals surface area contributed by atoms with E-state index in [1.165, 1.54) is 0 Å². The highest BCUT2D eigenvalue weighted by Gasteiger charge is 2.04. The van der Waals surface area contributed by atoms with Crippen molar-refractivity contribution in [3.05, 3.63) is 23.8 Å². The molecular weight excluding hydrogens is 216 g/mol. The summed E-state index contributed by atoms with van der Waals surface area (Å²) >= 11 is 0. The van der Waals surface area contributed by atoms with Crippen LogP contribution in [0.1, 0.15) is 12.5 Å². The van der Waals surface area contributed by atoms with E-state index in [9.17, 15) is 0 Å². The van der Waals surface area contributed by atoms with E-state index in [0.29, 0.717) is 19.0 Å². The predicted molar refractivity (Wildman–Crippen MR) is 71.5 cm³/mol. The molecule has 0 saturated heterocycles. The average Bonchev–Trinajstić information content (AvgIpc) is 2.30. The van der Waals surface area contributed by atoms with E-state index < -0.39 is 0 Å². The van der Waals surface area contributed by atoms with Gasteiger partial charge in [-0.05, 0) is 43.7 Å². The molecule has 0 atom stereocenters. The van der Waals surface area contributed by atoms with Crippen molar-refractivity contribution in [3.8, 4) is 5.75 Å². The van der Waals surface area contributed by atoms with Crippen LogP contribution in [-0.4, -0.2) is 26.2 Å².